The van der Waals surface area contributed by atoms with Crippen molar-refractivity contribution in [2.24, 2.45) is 5.92 Å². The molecule has 0 saturated carbocycles. The van der Waals surface area contributed by atoms with Gasteiger partial charge in [0.25, 0.3) is 0 Å². The van der Waals surface area contributed by atoms with Crippen LogP contribution < -0.4 is 5.32 Å². The van der Waals surface area contributed by atoms with Crippen molar-refractivity contribution in [1.82, 2.24) is 0 Å². The molecule has 126 valence electrons. The molecular formula is C20H22FNO2. The smallest absolute Gasteiger partial charge is 0.153 e. The Labute approximate surface area is 141 Å². The molecule has 0 aliphatic carbocycles. The Balaban J connectivity index is 1.87. The fourth-order valence-electron chi connectivity index (χ4n) is 3.50. The number of phenolic OH excluding ortho intramolecular Hbond substituents is 1. The van der Waals surface area contributed by atoms with Crippen molar-refractivity contribution >= 4 is 12.0 Å². The number of fused-ring (bicyclic) bond motifs is 1. The summed E-state index contributed by atoms with van der Waals surface area (Å²) in [5.41, 5.74) is 4.40. The summed E-state index contributed by atoms with van der Waals surface area (Å²) in [6, 6.07) is 8.44. The van der Waals surface area contributed by atoms with Crippen LogP contribution in [0.3, 0.4) is 0 Å². The molecule has 1 heterocycles. The predicted octanol–water partition coefficient (Wildman–Crippen LogP) is 4.12. The third-order valence-electron chi connectivity index (χ3n) is 4.67. The monoisotopic (exact) mass is 327 g/mol. The fraction of sp³-hybridized carbons (Fsp3) is 0.350. The maximum absolute atomic E-state index is 13.0. The van der Waals surface area contributed by atoms with E-state index in [0.29, 0.717) is 23.5 Å². The van der Waals surface area contributed by atoms with E-state index in [1.807, 2.05) is 18.2 Å². The van der Waals surface area contributed by atoms with E-state index < -0.39 is 0 Å². The molecule has 4 heteroatoms. The zero-order valence-corrected chi connectivity index (χ0v) is 13.8. The van der Waals surface area contributed by atoms with Gasteiger partial charge in [-0.2, -0.15) is 0 Å². The second-order valence-electron chi connectivity index (χ2n) is 6.48. The van der Waals surface area contributed by atoms with Crippen LogP contribution in [0.4, 0.5) is 10.1 Å². The van der Waals surface area contributed by atoms with E-state index in [1.165, 1.54) is 12.1 Å². The van der Waals surface area contributed by atoms with Crippen LogP contribution in [0.15, 0.2) is 30.3 Å². The number of nitrogens with one attached hydrogen (secondary N) is 1. The largest absolute Gasteiger partial charge is 0.505 e. The maximum Gasteiger partial charge on any atom is 0.153 e. The number of aromatic hydroxyl groups is 1. The zero-order valence-electron chi connectivity index (χ0n) is 13.8. The molecule has 3 nitrogen and oxygen atoms in total. The summed E-state index contributed by atoms with van der Waals surface area (Å²) in [6.07, 6.45) is 4.28. The first-order valence-electron chi connectivity index (χ1n) is 8.43. The standard InChI is InChI=1S/C20H22FNO2/c1-2-3-15-10-16(12-23)20(24)19-18(15)9-14(11-22-19)8-13-4-6-17(21)7-5-13/h4-7,10,12,14,22,24H,2-3,8-9,11H2,1H3. The van der Waals surface area contributed by atoms with Crippen molar-refractivity contribution in [3.63, 3.8) is 0 Å². The Morgan fingerprint density at radius 2 is 2.08 bits per heavy atom. The Morgan fingerprint density at radius 1 is 1.33 bits per heavy atom. The first kappa shape index (κ1) is 16.5. The van der Waals surface area contributed by atoms with Crippen LogP contribution in [-0.4, -0.2) is 17.9 Å². The highest BCUT2D eigenvalue weighted by atomic mass is 19.1. The molecule has 0 aromatic heterocycles. The second kappa shape index (κ2) is 7.04. The minimum absolute atomic E-state index is 0.0556. The van der Waals surface area contributed by atoms with Crippen LogP contribution in [0.1, 0.15) is 40.4 Å². The van der Waals surface area contributed by atoms with Crippen LogP contribution >= 0.6 is 0 Å². The summed E-state index contributed by atoms with van der Waals surface area (Å²) in [6.45, 7) is 2.83. The van der Waals surface area contributed by atoms with Crippen LogP contribution in [0.2, 0.25) is 0 Å². The van der Waals surface area contributed by atoms with E-state index in [2.05, 4.69) is 12.2 Å². The van der Waals surface area contributed by atoms with E-state index in [4.69, 9.17) is 0 Å². The molecular weight excluding hydrogens is 305 g/mol. The van der Waals surface area contributed by atoms with E-state index in [1.54, 1.807) is 0 Å². The van der Waals surface area contributed by atoms with Crippen LogP contribution in [0.25, 0.3) is 0 Å². The van der Waals surface area contributed by atoms with E-state index in [9.17, 15) is 14.3 Å². The van der Waals surface area contributed by atoms with Crippen molar-refractivity contribution in [3.8, 4) is 5.75 Å². The highest BCUT2D eigenvalue weighted by Crippen LogP contribution is 2.38. The number of phenols is 1. The zero-order chi connectivity index (χ0) is 17.1. The first-order valence-corrected chi connectivity index (χ1v) is 8.43. The Morgan fingerprint density at radius 3 is 2.75 bits per heavy atom. The topological polar surface area (TPSA) is 49.3 Å². The third kappa shape index (κ3) is 3.28. The summed E-state index contributed by atoms with van der Waals surface area (Å²) < 4.78 is 13.0. The SMILES string of the molecule is CCCc1cc(C=O)c(O)c2c1CC(Cc1ccc(F)cc1)CN2. The quantitative estimate of drug-likeness (QED) is 0.641. The van der Waals surface area contributed by atoms with Gasteiger partial charge in [0.15, 0.2) is 6.29 Å². The van der Waals surface area contributed by atoms with Gasteiger partial charge in [0.1, 0.15) is 11.6 Å². The Bertz CT molecular complexity index is 740. The second-order valence-corrected chi connectivity index (χ2v) is 6.48. The highest BCUT2D eigenvalue weighted by molar-refractivity contribution is 5.86. The number of carbonyl (C=O) groups is 1. The number of halogens is 1. The van der Waals surface area contributed by atoms with E-state index >= 15 is 0 Å². The van der Waals surface area contributed by atoms with Gasteiger partial charge in [0.05, 0.1) is 11.3 Å². The molecule has 0 amide bonds. The minimum atomic E-state index is -0.220. The minimum Gasteiger partial charge on any atom is -0.505 e. The molecule has 2 aromatic rings. The summed E-state index contributed by atoms with van der Waals surface area (Å²) in [5, 5.41) is 13.6. The molecule has 1 aliphatic heterocycles. The molecule has 0 fully saturated rings. The number of aldehydes is 1. The maximum atomic E-state index is 13.0. The summed E-state index contributed by atoms with van der Waals surface area (Å²) in [5.74, 6) is 0.211. The lowest BCUT2D eigenvalue weighted by Crippen LogP contribution is -2.26. The van der Waals surface area contributed by atoms with Crippen LogP contribution in [-0.2, 0) is 19.3 Å². The summed E-state index contributed by atoms with van der Waals surface area (Å²) in [4.78, 5) is 11.2. The van der Waals surface area contributed by atoms with Gasteiger partial charge in [-0.25, -0.2) is 4.39 Å². The lowest BCUT2D eigenvalue weighted by molar-refractivity contribution is 0.112. The van der Waals surface area contributed by atoms with Gasteiger partial charge >= 0.3 is 0 Å². The molecule has 2 N–H and O–H groups in total. The van der Waals surface area contributed by atoms with Gasteiger partial charge in [0.2, 0.25) is 0 Å². The lowest BCUT2D eigenvalue weighted by Gasteiger charge is -2.29. The molecule has 0 spiro atoms. The highest BCUT2D eigenvalue weighted by Gasteiger charge is 2.25. The van der Waals surface area contributed by atoms with Crippen LogP contribution in [0, 0.1) is 11.7 Å². The number of rotatable bonds is 5. The molecule has 3 rings (SSSR count). The predicted molar refractivity (Wildman–Crippen MR) is 93.3 cm³/mol. The van der Waals surface area contributed by atoms with Gasteiger partial charge in [0, 0.05) is 6.54 Å². The number of benzene rings is 2. The van der Waals surface area contributed by atoms with Gasteiger partial charge in [-0.15, -0.1) is 0 Å². The average Bonchev–Trinajstić information content (AvgIpc) is 2.59. The number of hydrogen-bond acceptors (Lipinski definition) is 3. The Kier molecular flexibility index (Phi) is 4.84. The van der Waals surface area contributed by atoms with Gasteiger partial charge < -0.3 is 10.4 Å². The lowest BCUT2D eigenvalue weighted by atomic mass is 9.84. The van der Waals surface area contributed by atoms with Gasteiger partial charge in [-0.05, 0) is 60.1 Å². The number of hydrogen-bond donors (Lipinski definition) is 2. The van der Waals surface area contributed by atoms with E-state index in [-0.39, 0.29) is 11.6 Å². The van der Waals surface area contributed by atoms with Gasteiger partial charge in [-0.1, -0.05) is 25.5 Å². The molecule has 1 unspecified atom stereocenters. The van der Waals surface area contributed by atoms with E-state index in [0.717, 1.165) is 48.9 Å². The summed E-state index contributed by atoms with van der Waals surface area (Å²) >= 11 is 0. The molecule has 24 heavy (non-hydrogen) atoms. The van der Waals surface area contributed by atoms with Gasteiger partial charge in [-0.3, -0.25) is 4.79 Å². The molecule has 0 saturated heterocycles. The van der Waals surface area contributed by atoms with Crippen molar-refractivity contribution in [1.29, 1.82) is 0 Å². The molecule has 0 radical (unpaired) electrons. The number of carbonyl (C=O) groups excluding carboxylic acids is 1. The van der Waals surface area contributed by atoms with Crippen LogP contribution in [0.5, 0.6) is 5.75 Å². The number of aryl methyl sites for hydroxylation is 1. The normalized spacial score (nSPS) is 16.3. The number of anilines is 1. The molecule has 2 aromatic carbocycles. The van der Waals surface area contributed by atoms with Crippen molar-refractivity contribution in [2.45, 2.75) is 32.6 Å². The first-order chi connectivity index (χ1) is 11.6. The molecule has 1 atom stereocenters. The average molecular weight is 327 g/mol. The molecule has 1 aliphatic rings. The fourth-order valence-corrected chi connectivity index (χ4v) is 3.50. The van der Waals surface area contributed by atoms with Crippen molar-refractivity contribution < 1.29 is 14.3 Å². The Hall–Kier alpha value is -2.36. The summed E-state index contributed by atoms with van der Waals surface area (Å²) in [7, 11) is 0. The third-order valence-corrected chi connectivity index (χ3v) is 4.67. The van der Waals surface area contributed by atoms with Crippen molar-refractivity contribution in [2.75, 3.05) is 11.9 Å². The molecule has 0 bridgehead atoms. The van der Waals surface area contributed by atoms with Crippen molar-refractivity contribution in [3.05, 3.63) is 58.4 Å².